The summed E-state index contributed by atoms with van der Waals surface area (Å²) in [6, 6.07) is -0.898. The van der Waals surface area contributed by atoms with Gasteiger partial charge in [0.15, 0.2) is 0 Å². The van der Waals surface area contributed by atoms with E-state index in [1.165, 1.54) is 0 Å². The van der Waals surface area contributed by atoms with Crippen molar-refractivity contribution in [3.05, 3.63) is 0 Å². The maximum atomic E-state index is 12.2. The Morgan fingerprint density at radius 3 is 2.15 bits per heavy atom. The summed E-state index contributed by atoms with van der Waals surface area (Å²) in [6.45, 7) is 8.09. The van der Waals surface area contributed by atoms with Gasteiger partial charge in [-0.2, -0.15) is 0 Å². The topological polar surface area (TPSA) is 69.6 Å². The van der Waals surface area contributed by atoms with Crippen molar-refractivity contribution in [1.82, 2.24) is 10.2 Å². The number of aliphatic carboxylic acids is 1. The Bertz CT molecular complexity index is 356. The van der Waals surface area contributed by atoms with Crippen LogP contribution in [0.2, 0.25) is 0 Å². The third-order valence-corrected chi connectivity index (χ3v) is 4.39. The Balaban J connectivity index is 2.57. The molecular weight excluding hydrogens is 256 g/mol. The molecular formula is C15H28N2O3. The van der Waals surface area contributed by atoms with Crippen LogP contribution in [-0.2, 0) is 4.79 Å². The Labute approximate surface area is 121 Å². The molecule has 1 rings (SSSR count). The fraction of sp³-hybridized carbons (Fsp3) is 0.867. The maximum absolute atomic E-state index is 12.2. The van der Waals surface area contributed by atoms with E-state index in [1.54, 1.807) is 25.8 Å². The Hall–Kier alpha value is -1.26. The number of hydrogen-bond acceptors (Lipinski definition) is 2. The van der Waals surface area contributed by atoms with Gasteiger partial charge in [0.2, 0.25) is 0 Å². The summed E-state index contributed by atoms with van der Waals surface area (Å²) in [6.07, 6.45) is 4.16. The van der Waals surface area contributed by atoms with Crippen molar-refractivity contribution in [2.75, 3.05) is 7.05 Å². The lowest BCUT2D eigenvalue weighted by atomic mass is 9.75. The number of carbonyl (C=O) groups is 2. The molecule has 0 aliphatic heterocycles. The summed E-state index contributed by atoms with van der Waals surface area (Å²) >= 11 is 0. The lowest BCUT2D eigenvalue weighted by Gasteiger charge is -2.39. The number of nitrogens with zero attached hydrogens (tertiary/aromatic N) is 1. The number of carbonyl (C=O) groups excluding carboxylic acids is 1. The van der Waals surface area contributed by atoms with E-state index in [2.05, 4.69) is 19.2 Å². The van der Waals surface area contributed by atoms with E-state index in [0.717, 1.165) is 25.7 Å². The zero-order valence-corrected chi connectivity index (χ0v) is 13.3. The van der Waals surface area contributed by atoms with Crippen molar-refractivity contribution >= 4 is 12.0 Å². The summed E-state index contributed by atoms with van der Waals surface area (Å²) in [5.41, 5.74) is 0.356. The molecule has 2 N–H and O–H groups in total. The van der Waals surface area contributed by atoms with E-state index in [9.17, 15) is 9.59 Å². The van der Waals surface area contributed by atoms with Crippen molar-refractivity contribution in [3.63, 3.8) is 0 Å². The van der Waals surface area contributed by atoms with Crippen LogP contribution in [0.4, 0.5) is 4.79 Å². The monoisotopic (exact) mass is 284 g/mol. The van der Waals surface area contributed by atoms with Crippen molar-refractivity contribution in [3.8, 4) is 0 Å². The second-order valence-electron chi connectivity index (χ2n) is 7.02. The first-order valence-electron chi connectivity index (χ1n) is 7.40. The molecule has 0 aromatic carbocycles. The number of amides is 2. The second-order valence-corrected chi connectivity index (χ2v) is 7.02. The number of nitrogens with one attached hydrogen (secondary N) is 1. The van der Waals surface area contributed by atoms with Gasteiger partial charge in [-0.3, -0.25) is 0 Å². The average Bonchev–Trinajstić information content (AvgIpc) is 2.34. The average molecular weight is 284 g/mol. The highest BCUT2D eigenvalue weighted by atomic mass is 16.4. The number of rotatable bonds is 4. The van der Waals surface area contributed by atoms with Crippen molar-refractivity contribution in [2.24, 2.45) is 11.3 Å². The molecule has 1 atom stereocenters. The van der Waals surface area contributed by atoms with Crippen LogP contribution in [0.5, 0.6) is 0 Å². The zero-order valence-electron chi connectivity index (χ0n) is 13.3. The molecule has 0 aromatic heterocycles. The van der Waals surface area contributed by atoms with Crippen LogP contribution >= 0.6 is 0 Å². The molecule has 0 bridgehead atoms. The van der Waals surface area contributed by atoms with Gasteiger partial charge in [-0.25, -0.2) is 9.59 Å². The predicted molar refractivity (Wildman–Crippen MR) is 78.6 cm³/mol. The lowest BCUT2D eigenvalue weighted by molar-refractivity contribution is -0.140. The summed E-state index contributed by atoms with van der Waals surface area (Å²) in [7, 11) is 1.76. The van der Waals surface area contributed by atoms with Crippen LogP contribution in [0.15, 0.2) is 0 Å². The van der Waals surface area contributed by atoms with Gasteiger partial charge in [0.1, 0.15) is 6.04 Å². The number of hydrogen-bond donors (Lipinski definition) is 2. The van der Waals surface area contributed by atoms with Crippen LogP contribution in [-0.4, -0.2) is 41.1 Å². The van der Waals surface area contributed by atoms with Crippen molar-refractivity contribution in [1.29, 1.82) is 0 Å². The molecule has 1 aliphatic carbocycles. The highest BCUT2D eigenvalue weighted by Gasteiger charge is 2.32. The van der Waals surface area contributed by atoms with Crippen LogP contribution in [0.3, 0.4) is 0 Å². The summed E-state index contributed by atoms with van der Waals surface area (Å²) in [4.78, 5) is 25.0. The molecule has 5 heteroatoms. The van der Waals surface area contributed by atoms with Crippen molar-refractivity contribution < 1.29 is 14.7 Å². The number of urea groups is 1. The van der Waals surface area contributed by atoms with E-state index < -0.39 is 12.0 Å². The first kappa shape index (κ1) is 16.8. The molecule has 116 valence electrons. The van der Waals surface area contributed by atoms with E-state index in [0.29, 0.717) is 5.41 Å². The van der Waals surface area contributed by atoms with E-state index in [4.69, 9.17) is 5.11 Å². The van der Waals surface area contributed by atoms with E-state index in [1.807, 2.05) is 0 Å². The molecule has 1 aliphatic rings. The third-order valence-electron chi connectivity index (χ3n) is 4.39. The van der Waals surface area contributed by atoms with Crippen LogP contribution < -0.4 is 5.32 Å². The fourth-order valence-corrected chi connectivity index (χ4v) is 2.69. The Morgan fingerprint density at radius 2 is 1.75 bits per heavy atom. The molecule has 0 heterocycles. The normalized spacial score (nSPS) is 20.5. The number of carboxylic acid groups (broad SMARTS) is 1. The minimum atomic E-state index is -0.980. The predicted octanol–water partition coefficient (Wildman–Crippen LogP) is 2.71. The molecule has 0 aromatic rings. The first-order chi connectivity index (χ1) is 9.14. The highest BCUT2D eigenvalue weighted by Crippen LogP contribution is 2.36. The Kier molecular flexibility index (Phi) is 5.42. The highest BCUT2D eigenvalue weighted by molar-refractivity contribution is 5.82. The molecule has 0 unspecified atom stereocenters. The second kappa shape index (κ2) is 6.46. The summed E-state index contributed by atoms with van der Waals surface area (Å²) in [5, 5.41) is 11.7. The summed E-state index contributed by atoms with van der Waals surface area (Å²) < 4.78 is 0. The van der Waals surface area contributed by atoms with Gasteiger partial charge in [0.05, 0.1) is 0 Å². The zero-order chi connectivity index (χ0) is 15.5. The van der Waals surface area contributed by atoms with Gasteiger partial charge in [0.25, 0.3) is 0 Å². The number of carboxylic acids is 1. The molecule has 5 nitrogen and oxygen atoms in total. The molecule has 1 fully saturated rings. The Morgan fingerprint density at radius 1 is 1.25 bits per heavy atom. The largest absolute Gasteiger partial charge is 0.480 e. The van der Waals surface area contributed by atoms with Gasteiger partial charge < -0.3 is 15.3 Å². The van der Waals surface area contributed by atoms with E-state index in [-0.39, 0.29) is 18.0 Å². The van der Waals surface area contributed by atoms with E-state index >= 15 is 0 Å². The molecule has 0 spiro atoms. The molecule has 1 saturated carbocycles. The quantitative estimate of drug-likeness (QED) is 0.834. The van der Waals surface area contributed by atoms with Gasteiger partial charge >= 0.3 is 12.0 Å². The van der Waals surface area contributed by atoms with Gasteiger partial charge in [-0.15, -0.1) is 0 Å². The smallest absolute Gasteiger partial charge is 0.326 e. The molecule has 0 saturated heterocycles. The standard InChI is InChI=1S/C15H28N2O3/c1-10(2)12(13(18)19)16-14(20)17(5)11-6-8-15(3,4)9-7-11/h10-12H,6-9H2,1-5H3,(H,16,20)(H,18,19)/t12-/m1/s1. The van der Waals surface area contributed by atoms with Gasteiger partial charge in [0, 0.05) is 13.1 Å². The first-order valence-corrected chi connectivity index (χ1v) is 7.40. The van der Waals surface area contributed by atoms with Gasteiger partial charge in [-0.05, 0) is 37.0 Å². The molecule has 2 amide bonds. The van der Waals surface area contributed by atoms with Crippen LogP contribution in [0.1, 0.15) is 53.4 Å². The fourth-order valence-electron chi connectivity index (χ4n) is 2.69. The van der Waals surface area contributed by atoms with Crippen molar-refractivity contribution in [2.45, 2.75) is 65.5 Å². The third kappa shape index (κ3) is 4.39. The SMILES string of the molecule is CC(C)[C@@H](NC(=O)N(C)C1CCC(C)(C)CC1)C(=O)O. The van der Waals surface area contributed by atoms with Crippen LogP contribution in [0, 0.1) is 11.3 Å². The molecule has 20 heavy (non-hydrogen) atoms. The minimum absolute atomic E-state index is 0.130. The van der Waals surface area contributed by atoms with Crippen LogP contribution in [0.25, 0.3) is 0 Å². The van der Waals surface area contributed by atoms with Gasteiger partial charge in [-0.1, -0.05) is 27.7 Å². The molecule has 0 radical (unpaired) electrons. The lowest BCUT2D eigenvalue weighted by Crippen LogP contribution is -2.52. The minimum Gasteiger partial charge on any atom is -0.480 e. The summed E-state index contributed by atoms with van der Waals surface area (Å²) in [5.74, 6) is -1.11. The maximum Gasteiger partial charge on any atom is 0.326 e.